The Hall–Kier alpha value is -3.54. The highest BCUT2D eigenvalue weighted by atomic mass is 79.9. The second-order valence-electron chi connectivity index (χ2n) is 8.44. The molecule has 0 bridgehead atoms. The molecule has 11 heteroatoms. The molecule has 1 atom stereocenters. The third kappa shape index (κ3) is 5.75. The number of ketones is 1. The topological polar surface area (TPSA) is 92.6 Å². The Bertz CT molecular complexity index is 1540. The Balaban J connectivity index is 1.51. The van der Waals surface area contributed by atoms with E-state index < -0.39 is 17.7 Å². The zero-order valence-electron chi connectivity index (χ0n) is 20.5. The maximum absolute atomic E-state index is 13.4. The second-order valence-corrected chi connectivity index (χ2v) is 11.5. The molecule has 198 valence electrons. The van der Waals surface area contributed by atoms with Gasteiger partial charge in [0.15, 0.2) is 4.34 Å². The van der Waals surface area contributed by atoms with Crippen LogP contribution in [0.2, 0.25) is 0 Å². The van der Waals surface area contributed by atoms with Gasteiger partial charge in [0.2, 0.25) is 5.13 Å². The van der Waals surface area contributed by atoms with Gasteiger partial charge in [-0.05, 0) is 66.6 Å². The summed E-state index contributed by atoms with van der Waals surface area (Å²) in [5.41, 5.74) is 1.87. The van der Waals surface area contributed by atoms with E-state index >= 15 is 0 Å². The van der Waals surface area contributed by atoms with Crippen LogP contribution in [0.25, 0.3) is 5.76 Å². The molecule has 1 aromatic heterocycles. The fourth-order valence-corrected chi connectivity index (χ4v) is 6.19. The van der Waals surface area contributed by atoms with E-state index in [1.54, 1.807) is 60.7 Å². The number of hydrogen-bond donors (Lipinski definition) is 1. The van der Waals surface area contributed by atoms with E-state index in [-0.39, 0.29) is 22.3 Å². The van der Waals surface area contributed by atoms with Gasteiger partial charge in [-0.1, -0.05) is 63.3 Å². The van der Waals surface area contributed by atoms with Crippen molar-refractivity contribution in [3.8, 4) is 5.75 Å². The van der Waals surface area contributed by atoms with Gasteiger partial charge >= 0.3 is 5.91 Å². The molecule has 39 heavy (non-hydrogen) atoms. The number of carbonyl (C=O) groups excluding carboxylic acids is 2. The molecule has 1 N–H and O–H groups in total. The Morgan fingerprint density at radius 1 is 1.05 bits per heavy atom. The van der Waals surface area contributed by atoms with E-state index in [9.17, 15) is 19.1 Å². The molecule has 1 amide bonds. The molecule has 5 rings (SSSR count). The lowest BCUT2D eigenvalue weighted by Crippen LogP contribution is -2.29. The number of hydrogen-bond acceptors (Lipinski definition) is 8. The van der Waals surface area contributed by atoms with Gasteiger partial charge in [-0.2, -0.15) is 0 Å². The molecule has 0 saturated carbocycles. The Morgan fingerprint density at radius 3 is 2.41 bits per heavy atom. The Kier molecular flexibility index (Phi) is 8.10. The van der Waals surface area contributed by atoms with Crippen molar-refractivity contribution in [2.24, 2.45) is 0 Å². The number of Topliss-reactive ketones (excluding diaryl/α,β-unsaturated/α-hetero) is 1. The first-order chi connectivity index (χ1) is 18.9. The molecule has 1 unspecified atom stereocenters. The highest BCUT2D eigenvalue weighted by Gasteiger charge is 2.48. The van der Waals surface area contributed by atoms with Crippen molar-refractivity contribution in [1.82, 2.24) is 10.2 Å². The number of benzene rings is 3. The summed E-state index contributed by atoms with van der Waals surface area (Å²) in [5, 5.41) is 19.9. The van der Waals surface area contributed by atoms with Gasteiger partial charge in [0.05, 0.1) is 18.2 Å². The van der Waals surface area contributed by atoms with E-state index in [4.69, 9.17) is 4.74 Å². The first-order valence-electron chi connectivity index (χ1n) is 11.9. The number of aliphatic hydroxyl groups excluding tert-OH is 1. The van der Waals surface area contributed by atoms with Crippen molar-refractivity contribution in [2.75, 3.05) is 11.5 Å². The zero-order chi connectivity index (χ0) is 27.5. The number of carbonyl (C=O) groups is 2. The van der Waals surface area contributed by atoms with Crippen LogP contribution in [0.3, 0.4) is 0 Å². The van der Waals surface area contributed by atoms with E-state index in [1.165, 1.54) is 40.1 Å². The minimum atomic E-state index is -0.910. The summed E-state index contributed by atoms with van der Waals surface area (Å²) in [6.45, 7) is 2.36. The van der Waals surface area contributed by atoms with Crippen molar-refractivity contribution in [1.29, 1.82) is 0 Å². The highest BCUT2D eigenvalue weighted by Crippen LogP contribution is 2.44. The predicted octanol–water partition coefficient (Wildman–Crippen LogP) is 6.76. The summed E-state index contributed by atoms with van der Waals surface area (Å²) >= 11 is 5.97. The minimum Gasteiger partial charge on any atom is -0.507 e. The van der Waals surface area contributed by atoms with Crippen LogP contribution in [0.4, 0.5) is 9.52 Å². The summed E-state index contributed by atoms with van der Waals surface area (Å²) in [6.07, 6.45) is 0. The van der Waals surface area contributed by atoms with Crippen molar-refractivity contribution in [3.05, 3.63) is 105 Å². The number of amides is 1. The Morgan fingerprint density at radius 2 is 1.74 bits per heavy atom. The molecular formula is C28H21BrFN3O4S2. The largest absolute Gasteiger partial charge is 0.507 e. The first kappa shape index (κ1) is 27.0. The highest BCUT2D eigenvalue weighted by molar-refractivity contribution is 9.10. The van der Waals surface area contributed by atoms with E-state index in [0.717, 1.165) is 10.0 Å². The van der Waals surface area contributed by atoms with Gasteiger partial charge in [-0.15, -0.1) is 10.2 Å². The predicted molar refractivity (Wildman–Crippen MR) is 152 cm³/mol. The van der Waals surface area contributed by atoms with Crippen LogP contribution in [0.1, 0.15) is 29.7 Å². The molecule has 1 aliphatic heterocycles. The van der Waals surface area contributed by atoms with Crippen molar-refractivity contribution in [2.45, 2.75) is 23.1 Å². The molecule has 1 saturated heterocycles. The third-order valence-corrected chi connectivity index (χ3v) is 8.60. The summed E-state index contributed by atoms with van der Waals surface area (Å²) in [7, 11) is 0. The lowest BCUT2D eigenvalue weighted by molar-refractivity contribution is -0.132. The quantitative estimate of drug-likeness (QED) is 0.0760. The van der Waals surface area contributed by atoms with Gasteiger partial charge in [-0.25, -0.2) is 4.39 Å². The van der Waals surface area contributed by atoms with Crippen LogP contribution in [-0.2, 0) is 15.3 Å². The van der Waals surface area contributed by atoms with E-state index in [1.807, 2.05) is 6.92 Å². The number of halogens is 2. The third-order valence-electron chi connectivity index (χ3n) is 5.95. The minimum absolute atomic E-state index is 0.0396. The molecule has 1 aliphatic rings. The number of aromatic nitrogens is 2. The number of rotatable bonds is 8. The van der Waals surface area contributed by atoms with Crippen molar-refractivity contribution in [3.63, 3.8) is 0 Å². The van der Waals surface area contributed by atoms with E-state index in [0.29, 0.717) is 33.6 Å². The van der Waals surface area contributed by atoms with Gasteiger partial charge in [-0.3, -0.25) is 14.5 Å². The second kappa shape index (κ2) is 11.7. The molecule has 2 heterocycles. The lowest BCUT2D eigenvalue weighted by atomic mass is 9.95. The fourth-order valence-electron chi connectivity index (χ4n) is 4.11. The number of aliphatic hydroxyl groups is 1. The van der Waals surface area contributed by atoms with Gasteiger partial charge < -0.3 is 9.84 Å². The summed E-state index contributed by atoms with van der Waals surface area (Å²) in [4.78, 5) is 28.0. The number of ether oxygens (including phenoxy) is 1. The van der Waals surface area contributed by atoms with Crippen LogP contribution in [-0.4, -0.2) is 33.6 Å². The summed E-state index contributed by atoms with van der Waals surface area (Å²) in [5.74, 6) is -1.07. The van der Waals surface area contributed by atoms with Gasteiger partial charge in [0, 0.05) is 15.8 Å². The average Bonchev–Trinajstić information content (AvgIpc) is 3.51. The molecule has 4 aromatic rings. The smallest absolute Gasteiger partial charge is 0.301 e. The summed E-state index contributed by atoms with van der Waals surface area (Å²) < 4.78 is 20.1. The maximum Gasteiger partial charge on any atom is 0.301 e. The van der Waals surface area contributed by atoms with Crippen LogP contribution in [0.15, 0.2) is 87.2 Å². The van der Waals surface area contributed by atoms with E-state index in [2.05, 4.69) is 26.1 Å². The summed E-state index contributed by atoms with van der Waals surface area (Å²) in [6, 6.07) is 19.1. The van der Waals surface area contributed by atoms with Gasteiger partial charge in [0.1, 0.15) is 17.3 Å². The molecule has 7 nitrogen and oxygen atoms in total. The first-order valence-corrected chi connectivity index (χ1v) is 14.5. The molecule has 3 aromatic carbocycles. The monoisotopic (exact) mass is 625 g/mol. The van der Waals surface area contributed by atoms with Crippen LogP contribution < -0.4 is 9.64 Å². The number of nitrogens with zero attached hydrogens (tertiary/aromatic N) is 3. The lowest BCUT2D eigenvalue weighted by Gasteiger charge is -2.22. The normalized spacial score (nSPS) is 16.6. The SMILES string of the molecule is CCOc1ccc(/C(O)=C2/C(=O)C(=O)N(c3nnc(SCc4ccc(F)cc4)s3)C2c2ccc(Br)cc2)cc1. The maximum atomic E-state index is 13.4. The zero-order valence-corrected chi connectivity index (χ0v) is 23.7. The standard InChI is InChI=1S/C28H21BrFN3O4S2/c1-2-37-21-13-7-18(8-14-21)24(34)22-23(17-5-9-19(29)10-6-17)33(26(36)25(22)35)27-31-32-28(39-27)38-15-16-3-11-20(30)12-4-16/h3-14,23,34H,2,15H2,1H3/b24-22-. The fraction of sp³-hybridized carbons (Fsp3) is 0.143. The number of thioether (sulfide) groups is 1. The Labute approximate surface area is 240 Å². The van der Waals surface area contributed by atoms with Crippen molar-refractivity contribution >= 4 is 61.6 Å². The molecule has 1 fully saturated rings. The molecular weight excluding hydrogens is 605 g/mol. The van der Waals surface area contributed by atoms with Crippen LogP contribution in [0.5, 0.6) is 5.75 Å². The van der Waals surface area contributed by atoms with Gasteiger partial charge in [0.25, 0.3) is 5.78 Å². The van der Waals surface area contributed by atoms with Crippen molar-refractivity contribution < 1.29 is 23.8 Å². The van der Waals surface area contributed by atoms with Crippen LogP contribution in [0, 0.1) is 5.82 Å². The molecule has 0 radical (unpaired) electrons. The number of anilines is 1. The average molecular weight is 627 g/mol. The van der Waals surface area contributed by atoms with Crippen LogP contribution >= 0.6 is 39.0 Å². The molecule has 0 spiro atoms. The molecule has 0 aliphatic carbocycles.